The Hall–Kier alpha value is -2.73. The van der Waals surface area contributed by atoms with Crippen molar-refractivity contribution in [3.63, 3.8) is 0 Å². The van der Waals surface area contributed by atoms with E-state index < -0.39 is 11.6 Å². The van der Waals surface area contributed by atoms with Gasteiger partial charge in [0.25, 0.3) is 5.91 Å². The number of amides is 3. The number of rotatable bonds is 4. The van der Waals surface area contributed by atoms with Crippen LogP contribution in [0.3, 0.4) is 0 Å². The molecule has 0 saturated carbocycles. The molecule has 1 saturated heterocycles. The molecule has 0 unspecified atom stereocenters. The number of nitrogens with zero attached hydrogens (tertiary/aromatic N) is 1. The molecule has 1 N–H and O–H groups in total. The van der Waals surface area contributed by atoms with Crippen LogP contribution in [0.5, 0.6) is 11.5 Å². The van der Waals surface area contributed by atoms with E-state index in [1.165, 1.54) is 4.90 Å². The number of urea groups is 1. The van der Waals surface area contributed by atoms with Gasteiger partial charge >= 0.3 is 6.03 Å². The van der Waals surface area contributed by atoms with Gasteiger partial charge in [-0.05, 0) is 24.3 Å². The molecule has 6 nitrogen and oxygen atoms in total. The van der Waals surface area contributed by atoms with E-state index in [2.05, 4.69) is 5.32 Å². The first-order valence-corrected chi connectivity index (χ1v) is 8.73. The molecular formula is C19H17ClN2O4. The molecule has 1 fully saturated rings. The molecule has 1 spiro atoms. The second kappa shape index (κ2) is 6.53. The molecule has 0 aromatic heterocycles. The molecule has 0 radical (unpaired) electrons. The van der Waals surface area contributed by atoms with E-state index >= 15 is 0 Å². The molecule has 0 bridgehead atoms. The number of hydrogen-bond acceptors (Lipinski definition) is 4. The molecular weight excluding hydrogens is 356 g/mol. The van der Waals surface area contributed by atoms with Gasteiger partial charge in [-0.1, -0.05) is 35.9 Å². The fourth-order valence-electron chi connectivity index (χ4n) is 3.39. The highest BCUT2D eigenvalue weighted by Gasteiger charge is 2.54. The van der Waals surface area contributed by atoms with Crippen LogP contribution in [0.25, 0.3) is 0 Å². The lowest BCUT2D eigenvalue weighted by Crippen LogP contribution is -2.47. The first-order valence-electron chi connectivity index (χ1n) is 8.35. The quantitative estimate of drug-likeness (QED) is 0.838. The van der Waals surface area contributed by atoms with Crippen molar-refractivity contribution in [1.29, 1.82) is 0 Å². The summed E-state index contributed by atoms with van der Waals surface area (Å²) >= 11 is 5.92. The van der Waals surface area contributed by atoms with Gasteiger partial charge in [-0.15, -0.1) is 0 Å². The number of para-hydroxylation sites is 1. The van der Waals surface area contributed by atoms with Crippen LogP contribution < -0.4 is 14.8 Å². The molecule has 4 rings (SSSR count). The van der Waals surface area contributed by atoms with Gasteiger partial charge in [-0.2, -0.15) is 0 Å². The zero-order valence-corrected chi connectivity index (χ0v) is 14.7. The van der Waals surface area contributed by atoms with E-state index in [1.54, 1.807) is 30.3 Å². The van der Waals surface area contributed by atoms with E-state index in [-0.39, 0.29) is 19.1 Å². The fraction of sp³-hybridized carbons (Fsp3) is 0.263. The van der Waals surface area contributed by atoms with Crippen molar-refractivity contribution in [2.45, 2.75) is 12.0 Å². The summed E-state index contributed by atoms with van der Waals surface area (Å²) in [4.78, 5) is 26.7. The van der Waals surface area contributed by atoms with Gasteiger partial charge in [-0.25, -0.2) is 4.79 Å². The van der Waals surface area contributed by atoms with Crippen molar-refractivity contribution in [2.24, 2.45) is 0 Å². The highest BCUT2D eigenvalue weighted by molar-refractivity contribution is 6.30. The van der Waals surface area contributed by atoms with Crippen LogP contribution in [0.1, 0.15) is 12.0 Å². The third-order valence-corrected chi connectivity index (χ3v) is 4.87. The average molecular weight is 373 g/mol. The van der Waals surface area contributed by atoms with Gasteiger partial charge in [0.15, 0.2) is 5.54 Å². The van der Waals surface area contributed by atoms with Crippen LogP contribution in [0.4, 0.5) is 4.79 Å². The maximum Gasteiger partial charge on any atom is 0.325 e. The summed E-state index contributed by atoms with van der Waals surface area (Å²) < 4.78 is 11.2. The first-order chi connectivity index (χ1) is 12.6. The van der Waals surface area contributed by atoms with E-state index in [0.29, 0.717) is 35.1 Å². The number of imide groups is 1. The lowest BCUT2D eigenvalue weighted by atomic mass is 9.84. The van der Waals surface area contributed by atoms with Crippen LogP contribution in [0.15, 0.2) is 48.5 Å². The predicted octanol–water partition coefficient (Wildman–Crippen LogP) is 2.95. The minimum Gasteiger partial charge on any atom is -0.493 e. The summed E-state index contributed by atoms with van der Waals surface area (Å²) in [6.45, 7) is 0.714. The average Bonchev–Trinajstić information content (AvgIpc) is 2.87. The van der Waals surface area contributed by atoms with Crippen molar-refractivity contribution < 1.29 is 19.1 Å². The number of nitrogens with one attached hydrogen (secondary N) is 1. The maximum absolute atomic E-state index is 13.1. The van der Waals surface area contributed by atoms with E-state index in [4.69, 9.17) is 21.1 Å². The Bertz CT molecular complexity index is 872. The normalized spacial score (nSPS) is 21.3. The lowest BCUT2D eigenvalue weighted by molar-refractivity contribution is -0.132. The Morgan fingerprint density at radius 1 is 1.19 bits per heavy atom. The molecule has 3 amide bonds. The molecule has 26 heavy (non-hydrogen) atoms. The fourth-order valence-corrected chi connectivity index (χ4v) is 3.57. The minimum atomic E-state index is -1.05. The molecule has 2 aromatic carbocycles. The Morgan fingerprint density at radius 3 is 2.88 bits per heavy atom. The molecule has 2 aliphatic rings. The zero-order valence-electron chi connectivity index (χ0n) is 13.9. The SMILES string of the molecule is O=C1N[C@@]2(CCOc3ccccc32)C(=O)N1CCOc1cccc(Cl)c1. The summed E-state index contributed by atoms with van der Waals surface area (Å²) in [6, 6.07) is 13.9. The van der Waals surface area contributed by atoms with E-state index in [1.807, 2.05) is 18.2 Å². The van der Waals surface area contributed by atoms with Gasteiger partial charge in [0.1, 0.15) is 18.1 Å². The Morgan fingerprint density at radius 2 is 2.04 bits per heavy atom. The Kier molecular flexibility index (Phi) is 4.20. The Labute approximate surface area is 155 Å². The topological polar surface area (TPSA) is 67.9 Å². The van der Waals surface area contributed by atoms with Crippen LogP contribution in [0, 0.1) is 0 Å². The lowest BCUT2D eigenvalue weighted by Gasteiger charge is -2.33. The molecule has 2 heterocycles. The summed E-state index contributed by atoms with van der Waals surface area (Å²) in [5, 5.41) is 3.43. The number of benzene rings is 2. The number of carbonyl (C=O) groups is 2. The highest BCUT2D eigenvalue weighted by atomic mass is 35.5. The second-order valence-corrected chi connectivity index (χ2v) is 6.63. The number of halogens is 1. The van der Waals surface area contributed by atoms with Gasteiger partial charge in [0, 0.05) is 17.0 Å². The van der Waals surface area contributed by atoms with Crippen LogP contribution in [-0.4, -0.2) is 36.6 Å². The van der Waals surface area contributed by atoms with Crippen LogP contribution in [-0.2, 0) is 10.3 Å². The molecule has 7 heteroatoms. The van der Waals surface area contributed by atoms with Crippen LogP contribution in [0.2, 0.25) is 5.02 Å². The minimum absolute atomic E-state index is 0.155. The number of hydrogen-bond donors (Lipinski definition) is 1. The van der Waals surface area contributed by atoms with Crippen molar-refractivity contribution in [3.05, 3.63) is 59.1 Å². The summed E-state index contributed by atoms with van der Waals surface area (Å²) in [5.74, 6) is 0.952. The molecule has 134 valence electrons. The van der Waals surface area contributed by atoms with Crippen molar-refractivity contribution in [3.8, 4) is 11.5 Å². The summed E-state index contributed by atoms with van der Waals surface area (Å²) in [5.41, 5.74) is -0.356. The number of carbonyl (C=O) groups excluding carboxylic acids is 2. The third kappa shape index (κ3) is 2.76. The summed E-state index contributed by atoms with van der Waals surface area (Å²) in [6.07, 6.45) is 0.403. The van der Waals surface area contributed by atoms with Gasteiger partial charge in [0.05, 0.1) is 13.2 Å². The summed E-state index contributed by atoms with van der Waals surface area (Å²) in [7, 11) is 0. The maximum atomic E-state index is 13.1. The predicted molar refractivity (Wildman–Crippen MR) is 95.4 cm³/mol. The monoisotopic (exact) mass is 372 g/mol. The molecule has 0 aliphatic carbocycles. The molecule has 2 aromatic rings. The Balaban J connectivity index is 1.50. The van der Waals surface area contributed by atoms with E-state index in [0.717, 1.165) is 0 Å². The zero-order chi connectivity index (χ0) is 18.1. The second-order valence-electron chi connectivity index (χ2n) is 6.19. The number of ether oxygens (including phenoxy) is 2. The van der Waals surface area contributed by atoms with Crippen LogP contribution >= 0.6 is 11.6 Å². The van der Waals surface area contributed by atoms with Crippen molar-refractivity contribution in [1.82, 2.24) is 10.2 Å². The van der Waals surface area contributed by atoms with Crippen molar-refractivity contribution in [2.75, 3.05) is 19.8 Å². The third-order valence-electron chi connectivity index (χ3n) is 4.64. The largest absolute Gasteiger partial charge is 0.493 e. The molecule has 1 atom stereocenters. The smallest absolute Gasteiger partial charge is 0.325 e. The standard InChI is InChI=1S/C19H17ClN2O4/c20-13-4-3-5-14(12-13)25-11-9-22-17(23)19(21-18(22)24)8-10-26-16-7-2-1-6-15(16)19/h1-7,12H,8-11H2,(H,21,24)/t19-/m1/s1. The van der Waals surface area contributed by atoms with Gasteiger partial charge in [-0.3, -0.25) is 9.69 Å². The van der Waals surface area contributed by atoms with Gasteiger partial charge in [0.2, 0.25) is 0 Å². The molecule has 2 aliphatic heterocycles. The first kappa shape index (κ1) is 16.7. The number of fused-ring (bicyclic) bond motifs is 2. The van der Waals surface area contributed by atoms with Crippen molar-refractivity contribution >= 4 is 23.5 Å². The van der Waals surface area contributed by atoms with Gasteiger partial charge < -0.3 is 14.8 Å². The highest BCUT2D eigenvalue weighted by Crippen LogP contribution is 2.40. The van der Waals surface area contributed by atoms with E-state index in [9.17, 15) is 9.59 Å².